The first-order valence-electron chi connectivity index (χ1n) is 10.7. The highest BCUT2D eigenvalue weighted by Gasteiger charge is 2.41. The maximum atomic E-state index is 13.5. The molecule has 2 unspecified atom stereocenters. The molecule has 0 radical (unpaired) electrons. The lowest BCUT2D eigenvalue weighted by Gasteiger charge is -2.18. The molecule has 5 rings (SSSR count). The van der Waals surface area contributed by atoms with E-state index < -0.39 is 0 Å². The van der Waals surface area contributed by atoms with Crippen LogP contribution in [0.5, 0.6) is 0 Å². The fraction of sp³-hybridized carbons (Fsp3) is 0.435. The molecule has 8 heteroatoms. The number of benzene rings is 1. The van der Waals surface area contributed by atoms with Crippen LogP contribution in [0.25, 0.3) is 11.1 Å². The number of rotatable bonds is 5. The lowest BCUT2D eigenvalue weighted by molar-refractivity contribution is 0.296. The molecule has 3 heterocycles. The molecule has 1 aliphatic heterocycles. The topological polar surface area (TPSA) is 58.9 Å². The van der Waals surface area contributed by atoms with Crippen molar-refractivity contribution in [3.05, 3.63) is 58.9 Å². The average Bonchev–Trinajstić information content (AvgIpc) is 3.37. The molecule has 3 aromatic rings. The van der Waals surface area contributed by atoms with E-state index in [1.807, 2.05) is 11.7 Å². The van der Waals surface area contributed by atoms with Gasteiger partial charge in [0.1, 0.15) is 5.82 Å². The summed E-state index contributed by atoms with van der Waals surface area (Å²) in [5, 5.41) is 8.57. The Hall–Kier alpha value is -2.51. The van der Waals surface area contributed by atoms with E-state index in [4.69, 9.17) is 11.6 Å². The van der Waals surface area contributed by atoms with Crippen molar-refractivity contribution in [2.45, 2.75) is 32.4 Å². The zero-order valence-corrected chi connectivity index (χ0v) is 18.5. The van der Waals surface area contributed by atoms with E-state index in [0.717, 1.165) is 38.2 Å². The zero-order chi connectivity index (χ0) is 21.5. The third-order valence-electron chi connectivity index (χ3n) is 6.60. The van der Waals surface area contributed by atoms with E-state index in [9.17, 15) is 4.39 Å². The van der Waals surface area contributed by atoms with Crippen LogP contribution in [0.15, 0.2) is 36.7 Å². The van der Waals surface area contributed by atoms with Crippen molar-refractivity contribution in [1.29, 1.82) is 0 Å². The van der Waals surface area contributed by atoms with Crippen LogP contribution in [0.2, 0.25) is 5.02 Å². The maximum Gasteiger partial charge on any atom is 0.222 e. The van der Waals surface area contributed by atoms with Gasteiger partial charge in [-0.2, -0.15) is 5.10 Å². The van der Waals surface area contributed by atoms with Gasteiger partial charge in [-0.3, -0.25) is 9.58 Å². The van der Waals surface area contributed by atoms with Gasteiger partial charge in [0.05, 0.1) is 5.69 Å². The highest BCUT2D eigenvalue weighted by atomic mass is 35.5. The van der Waals surface area contributed by atoms with Crippen LogP contribution in [0.1, 0.15) is 24.2 Å². The molecule has 0 bridgehead atoms. The van der Waals surface area contributed by atoms with Crippen molar-refractivity contribution in [3.63, 3.8) is 0 Å². The highest BCUT2D eigenvalue weighted by molar-refractivity contribution is 6.33. The van der Waals surface area contributed by atoms with Gasteiger partial charge in [0.25, 0.3) is 0 Å². The Morgan fingerprint density at radius 3 is 2.48 bits per heavy atom. The standard InChI is InChI=1S/C23H26ClFN6/c1-14-5-20(29-30(14)2)13-31-11-15-6-19(7-16(15)12-31)28-23-26-9-17(10-27-23)21-8-18(25)3-4-22(21)24/h3-5,8-10,15-16,19H,6-7,11-13H2,1-2H3,(H,26,27,28). The van der Waals surface area contributed by atoms with Crippen LogP contribution in [-0.2, 0) is 13.6 Å². The smallest absolute Gasteiger partial charge is 0.222 e. The predicted octanol–water partition coefficient (Wildman–Crippen LogP) is 4.30. The molecule has 2 aromatic heterocycles. The number of aromatic nitrogens is 4. The van der Waals surface area contributed by atoms with Crippen molar-refractivity contribution < 1.29 is 4.39 Å². The molecule has 6 nitrogen and oxygen atoms in total. The minimum Gasteiger partial charge on any atom is -0.351 e. The normalized spacial score (nSPS) is 23.3. The molecule has 2 aliphatic rings. The van der Waals surface area contributed by atoms with Crippen molar-refractivity contribution >= 4 is 17.5 Å². The Bertz CT molecular complexity index is 1050. The molecule has 1 aromatic carbocycles. The summed E-state index contributed by atoms with van der Waals surface area (Å²) in [4.78, 5) is 11.4. The number of hydrogen-bond acceptors (Lipinski definition) is 5. The van der Waals surface area contributed by atoms with Gasteiger partial charge in [-0.1, -0.05) is 11.6 Å². The van der Waals surface area contributed by atoms with Crippen LogP contribution in [-0.4, -0.2) is 43.8 Å². The Morgan fingerprint density at radius 1 is 1.13 bits per heavy atom. The van der Waals surface area contributed by atoms with Gasteiger partial charge in [0, 0.05) is 67.0 Å². The summed E-state index contributed by atoms with van der Waals surface area (Å²) < 4.78 is 15.5. The zero-order valence-electron chi connectivity index (χ0n) is 17.7. The Morgan fingerprint density at radius 2 is 1.84 bits per heavy atom. The van der Waals surface area contributed by atoms with E-state index in [0.29, 0.717) is 40.0 Å². The van der Waals surface area contributed by atoms with Crippen molar-refractivity contribution in [2.75, 3.05) is 18.4 Å². The summed E-state index contributed by atoms with van der Waals surface area (Å²) in [6.45, 7) is 5.26. The molecule has 1 aliphatic carbocycles. The summed E-state index contributed by atoms with van der Waals surface area (Å²) in [6.07, 6.45) is 5.65. The quantitative estimate of drug-likeness (QED) is 0.641. The number of likely N-dealkylation sites (tertiary alicyclic amines) is 1. The number of anilines is 1. The van der Waals surface area contributed by atoms with Gasteiger partial charge in [0.15, 0.2) is 0 Å². The fourth-order valence-electron chi connectivity index (χ4n) is 5.03. The van der Waals surface area contributed by atoms with Gasteiger partial charge >= 0.3 is 0 Å². The van der Waals surface area contributed by atoms with Crippen molar-refractivity contribution in [2.24, 2.45) is 18.9 Å². The lowest BCUT2D eigenvalue weighted by atomic mass is 10.0. The molecule has 2 atom stereocenters. The third-order valence-corrected chi connectivity index (χ3v) is 6.93. The van der Waals surface area contributed by atoms with E-state index >= 15 is 0 Å². The van der Waals surface area contributed by atoms with Gasteiger partial charge in [0.2, 0.25) is 5.95 Å². The summed E-state index contributed by atoms with van der Waals surface area (Å²) in [7, 11) is 2.00. The number of halogens is 2. The number of nitrogens with zero attached hydrogens (tertiary/aromatic N) is 5. The third kappa shape index (κ3) is 4.29. The number of aryl methyl sites for hydroxylation is 2. The second kappa shape index (κ2) is 8.20. The number of hydrogen-bond donors (Lipinski definition) is 1. The van der Waals surface area contributed by atoms with Gasteiger partial charge in [-0.15, -0.1) is 0 Å². The molecular formula is C23H26ClFN6. The summed E-state index contributed by atoms with van der Waals surface area (Å²) in [5.74, 6) is 1.69. The minimum atomic E-state index is -0.327. The Labute approximate surface area is 186 Å². The van der Waals surface area contributed by atoms with E-state index in [2.05, 4.69) is 38.3 Å². The van der Waals surface area contributed by atoms with Crippen LogP contribution >= 0.6 is 11.6 Å². The van der Waals surface area contributed by atoms with Crippen molar-refractivity contribution in [1.82, 2.24) is 24.6 Å². The van der Waals surface area contributed by atoms with Crippen molar-refractivity contribution in [3.8, 4) is 11.1 Å². The SMILES string of the molecule is Cc1cc(CN2CC3CC(Nc4ncc(-c5cc(F)ccc5Cl)cn4)CC3C2)nn1C. The molecule has 1 saturated heterocycles. The first kappa shape index (κ1) is 20.4. The average molecular weight is 441 g/mol. The monoisotopic (exact) mass is 440 g/mol. The van der Waals surface area contributed by atoms with E-state index in [1.54, 1.807) is 18.5 Å². The fourth-order valence-corrected chi connectivity index (χ4v) is 5.25. The second-order valence-electron chi connectivity index (χ2n) is 8.85. The second-order valence-corrected chi connectivity index (χ2v) is 9.25. The van der Waals surface area contributed by atoms with Gasteiger partial charge < -0.3 is 5.32 Å². The molecule has 1 N–H and O–H groups in total. The summed E-state index contributed by atoms with van der Waals surface area (Å²) >= 11 is 6.19. The first-order chi connectivity index (χ1) is 14.9. The molecule has 0 amide bonds. The van der Waals surface area contributed by atoms with Crippen LogP contribution < -0.4 is 5.32 Å². The number of fused-ring (bicyclic) bond motifs is 1. The van der Waals surface area contributed by atoms with E-state index in [1.165, 1.54) is 17.8 Å². The van der Waals surface area contributed by atoms with Crippen LogP contribution in [0.4, 0.5) is 10.3 Å². The Balaban J connectivity index is 1.16. The van der Waals surface area contributed by atoms with Gasteiger partial charge in [-0.25, -0.2) is 14.4 Å². The highest BCUT2D eigenvalue weighted by Crippen LogP contribution is 2.39. The van der Waals surface area contributed by atoms with Gasteiger partial charge in [-0.05, 0) is 55.9 Å². The summed E-state index contributed by atoms with van der Waals surface area (Å²) in [6, 6.07) is 6.87. The molecule has 31 heavy (non-hydrogen) atoms. The molecule has 2 fully saturated rings. The van der Waals surface area contributed by atoms with E-state index in [-0.39, 0.29) is 5.82 Å². The molecular weight excluding hydrogens is 415 g/mol. The van der Waals surface area contributed by atoms with Crippen LogP contribution in [0, 0.1) is 24.6 Å². The minimum absolute atomic E-state index is 0.327. The molecule has 162 valence electrons. The molecule has 1 saturated carbocycles. The first-order valence-corrected chi connectivity index (χ1v) is 11.1. The largest absolute Gasteiger partial charge is 0.351 e. The molecule has 0 spiro atoms. The maximum absolute atomic E-state index is 13.5. The predicted molar refractivity (Wildman–Crippen MR) is 119 cm³/mol. The summed E-state index contributed by atoms with van der Waals surface area (Å²) in [5.41, 5.74) is 3.66. The number of nitrogens with one attached hydrogen (secondary N) is 1. The lowest BCUT2D eigenvalue weighted by Crippen LogP contribution is -2.25. The Kier molecular flexibility index (Phi) is 5.40. The van der Waals surface area contributed by atoms with Crippen LogP contribution in [0.3, 0.4) is 0 Å².